The third-order valence-electron chi connectivity index (χ3n) is 6.76. The summed E-state index contributed by atoms with van der Waals surface area (Å²) in [6.07, 6.45) is 6.36. The van der Waals surface area contributed by atoms with E-state index in [1.165, 1.54) is 25.6 Å². The van der Waals surface area contributed by atoms with Crippen LogP contribution in [0.1, 0.15) is 26.2 Å². The monoisotopic (exact) mass is 638 g/mol. The fourth-order valence-corrected chi connectivity index (χ4v) is 5.16. The Morgan fingerprint density at radius 2 is 1.98 bits per heavy atom. The summed E-state index contributed by atoms with van der Waals surface area (Å²) < 4.78 is 11.5. The Kier molecular flexibility index (Phi) is 11.2. The number of nitrogens with one attached hydrogen (secondary N) is 3. The fourth-order valence-electron chi connectivity index (χ4n) is 4.76. The van der Waals surface area contributed by atoms with Crippen LogP contribution in [0.4, 0.5) is 17.2 Å². The second-order valence-corrected chi connectivity index (χ2v) is 10.7. The Labute approximate surface area is 253 Å². The number of likely N-dealkylation sites (tertiary alicyclic amines) is 1. The number of aromatic nitrogens is 2. The molecule has 1 aromatic heterocycles. The Bertz CT molecular complexity index is 1450. The zero-order chi connectivity index (χ0) is 29.9. The van der Waals surface area contributed by atoms with E-state index in [4.69, 9.17) is 9.47 Å². The predicted octanol–water partition coefficient (Wildman–Crippen LogP) is 4.42. The number of piperidine rings is 1. The zero-order valence-corrected chi connectivity index (χ0v) is 25.3. The summed E-state index contributed by atoms with van der Waals surface area (Å²) in [5, 5.41) is 9.53. The van der Waals surface area contributed by atoms with E-state index in [-0.39, 0.29) is 17.8 Å². The third-order valence-corrected chi connectivity index (χ3v) is 7.26. The van der Waals surface area contributed by atoms with Crippen LogP contribution < -0.4 is 20.7 Å². The minimum atomic E-state index is -0.487. The van der Waals surface area contributed by atoms with Crippen LogP contribution in [0.3, 0.4) is 0 Å². The second-order valence-electron chi connectivity index (χ2n) is 9.79. The molecular weight excluding hydrogens is 604 g/mol. The summed E-state index contributed by atoms with van der Waals surface area (Å²) in [4.78, 5) is 47.9. The van der Waals surface area contributed by atoms with E-state index in [0.29, 0.717) is 47.9 Å². The highest BCUT2D eigenvalue weighted by Gasteiger charge is 2.26. The molecule has 0 saturated carbocycles. The number of fused-ring (bicyclic) bond motifs is 1. The molecule has 0 aliphatic carbocycles. The summed E-state index contributed by atoms with van der Waals surface area (Å²) >= 11 is 3.46. The van der Waals surface area contributed by atoms with Gasteiger partial charge in [0.25, 0.3) is 0 Å². The number of rotatable bonds is 12. The van der Waals surface area contributed by atoms with E-state index in [2.05, 4.69) is 46.7 Å². The van der Waals surface area contributed by atoms with Crippen molar-refractivity contribution in [1.29, 1.82) is 0 Å². The second kappa shape index (κ2) is 15.3. The van der Waals surface area contributed by atoms with E-state index in [1.807, 2.05) is 31.2 Å². The number of carbonyl (C=O) groups excluding carboxylic acids is 3. The first-order chi connectivity index (χ1) is 20.4. The molecule has 1 saturated heterocycles. The predicted molar refractivity (Wildman–Crippen MR) is 165 cm³/mol. The van der Waals surface area contributed by atoms with Gasteiger partial charge in [0.1, 0.15) is 17.9 Å². The van der Waals surface area contributed by atoms with E-state index in [0.717, 1.165) is 42.5 Å². The molecule has 2 heterocycles. The molecule has 1 aliphatic rings. The maximum Gasteiger partial charge on any atom is 0.310 e. The average Bonchev–Trinajstić information content (AvgIpc) is 2.98. The number of methoxy groups -OCH3 is 1. The van der Waals surface area contributed by atoms with E-state index in [1.54, 1.807) is 12.1 Å². The van der Waals surface area contributed by atoms with Gasteiger partial charge >= 0.3 is 5.97 Å². The van der Waals surface area contributed by atoms with Crippen molar-refractivity contribution < 1.29 is 23.9 Å². The quantitative estimate of drug-likeness (QED) is 0.150. The Morgan fingerprint density at radius 1 is 1.14 bits per heavy atom. The standard InChI is InChI=1S/C30H35BrN6O5/c1-3-42-30(40)20-7-5-13-37(18-20)14-6-12-32-27(38)10-11-28(39)36-25-16-23-24(17-26(25)41-2)33-19-34-29(23)35-22-9-4-8-21(31)15-22/h4,8-11,15-17,19-20H,3,5-7,12-14,18H2,1-2H3,(H,32,38)(H,36,39)(H,33,34,35). The lowest BCUT2D eigenvalue weighted by atomic mass is 9.98. The number of amides is 2. The van der Waals surface area contributed by atoms with Crippen LogP contribution >= 0.6 is 15.9 Å². The van der Waals surface area contributed by atoms with Gasteiger partial charge in [-0.1, -0.05) is 22.0 Å². The SMILES string of the molecule is CCOC(=O)C1CCCN(CCCNC(=O)C=CC(=O)Nc2cc3c(Nc4cccc(Br)c4)ncnc3cc2OC)C1. The summed E-state index contributed by atoms with van der Waals surface area (Å²) in [6.45, 7) is 5.04. The lowest BCUT2D eigenvalue weighted by Gasteiger charge is -2.31. The molecule has 0 spiro atoms. The van der Waals surface area contributed by atoms with E-state index >= 15 is 0 Å². The number of nitrogens with zero attached hydrogens (tertiary/aromatic N) is 3. The molecule has 11 nitrogen and oxygen atoms in total. The summed E-state index contributed by atoms with van der Waals surface area (Å²) in [5.41, 5.74) is 1.87. The number of benzene rings is 2. The number of esters is 1. The Hall–Kier alpha value is -4.03. The molecule has 0 radical (unpaired) electrons. The van der Waals surface area contributed by atoms with Gasteiger partial charge in [0, 0.05) is 46.9 Å². The maximum atomic E-state index is 12.7. The summed E-state index contributed by atoms with van der Waals surface area (Å²) in [6, 6.07) is 11.1. The van der Waals surface area contributed by atoms with Crippen LogP contribution in [-0.2, 0) is 19.1 Å². The van der Waals surface area contributed by atoms with Gasteiger partial charge in [-0.25, -0.2) is 9.97 Å². The van der Waals surface area contributed by atoms with E-state index < -0.39 is 5.91 Å². The van der Waals surface area contributed by atoms with Gasteiger partial charge in [0.2, 0.25) is 11.8 Å². The lowest BCUT2D eigenvalue weighted by Crippen LogP contribution is -2.40. The first-order valence-corrected chi connectivity index (χ1v) is 14.7. The lowest BCUT2D eigenvalue weighted by molar-refractivity contribution is -0.149. The number of anilines is 3. The van der Waals surface area contributed by atoms with Crippen molar-refractivity contribution in [2.45, 2.75) is 26.2 Å². The fraction of sp³-hybridized carbons (Fsp3) is 0.367. The molecule has 0 bridgehead atoms. The number of halogens is 1. The average molecular weight is 640 g/mol. The van der Waals surface area contributed by atoms with Crippen LogP contribution in [0.25, 0.3) is 10.9 Å². The highest BCUT2D eigenvalue weighted by Crippen LogP contribution is 2.33. The van der Waals surface area contributed by atoms with Gasteiger partial charge in [-0.3, -0.25) is 14.4 Å². The van der Waals surface area contributed by atoms with Gasteiger partial charge < -0.3 is 30.3 Å². The highest BCUT2D eigenvalue weighted by atomic mass is 79.9. The van der Waals surface area contributed by atoms with Crippen molar-refractivity contribution in [3.8, 4) is 5.75 Å². The van der Waals surface area contributed by atoms with Gasteiger partial charge in [-0.2, -0.15) is 0 Å². The molecule has 42 heavy (non-hydrogen) atoms. The Balaban J connectivity index is 1.30. The largest absolute Gasteiger partial charge is 0.494 e. The summed E-state index contributed by atoms with van der Waals surface area (Å²) in [5.74, 6) is -0.0909. The normalized spacial score (nSPS) is 15.4. The molecule has 222 valence electrons. The zero-order valence-electron chi connectivity index (χ0n) is 23.7. The minimum absolute atomic E-state index is 0.0855. The van der Waals surface area contributed by atoms with Crippen LogP contribution in [-0.4, -0.2) is 72.5 Å². The first-order valence-electron chi connectivity index (χ1n) is 13.9. The van der Waals surface area contributed by atoms with Crippen molar-refractivity contribution in [2.24, 2.45) is 5.92 Å². The van der Waals surface area contributed by atoms with Gasteiger partial charge in [-0.15, -0.1) is 0 Å². The molecule has 1 atom stereocenters. The van der Waals surface area contributed by atoms with Crippen molar-refractivity contribution in [3.05, 3.63) is 59.4 Å². The summed E-state index contributed by atoms with van der Waals surface area (Å²) in [7, 11) is 1.50. The van der Waals surface area contributed by atoms with Gasteiger partial charge in [-0.05, 0) is 63.5 Å². The van der Waals surface area contributed by atoms with Crippen LogP contribution in [0.5, 0.6) is 5.75 Å². The third kappa shape index (κ3) is 8.73. The van der Waals surface area contributed by atoms with Crippen molar-refractivity contribution in [2.75, 3.05) is 50.5 Å². The van der Waals surface area contributed by atoms with Crippen molar-refractivity contribution in [1.82, 2.24) is 20.2 Å². The molecule has 12 heteroatoms. The highest BCUT2D eigenvalue weighted by molar-refractivity contribution is 9.10. The van der Waals surface area contributed by atoms with Crippen molar-refractivity contribution in [3.63, 3.8) is 0 Å². The van der Waals surface area contributed by atoms with Crippen LogP contribution in [0.2, 0.25) is 0 Å². The molecule has 1 aliphatic heterocycles. The molecule has 1 fully saturated rings. The molecule has 1 unspecified atom stereocenters. The number of hydrogen-bond acceptors (Lipinski definition) is 9. The molecule has 3 N–H and O–H groups in total. The minimum Gasteiger partial charge on any atom is -0.494 e. The number of hydrogen-bond donors (Lipinski definition) is 3. The maximum absolute atomic E-state index is 12.7. The molecule has 4 rings (SSSR count). The number of carbonyl (C=O) groups is 3. The van der Waals surface area contributed by atoms with Crippen LogP contribution in [0, 0.1) is 5.92 Å². The van der Waals surface area contributed by atoms with Crippen LogP contribution in [0.15, 0.2) is 59.4 Å². The molecule has 2 amide bonds. The Morgan fingerprint density at radius 3 is 2.76 bits per heavy atom. The number of ether oxygens (including phenoxy) is 2. The van der Waals surface area contributed by atoms with Gasteiger partial charge in [0.15, 0.2) is 0 Å². The van der Waals surface area contributed by atoms with Crippen molar-refractivity contribution >= 4 is 61.8 Å². The molecular formula is C30H35BrN6O5. The molecule has 3 aromatic rings. The van der Waals surface area contributed by atoms with E-state index in [9.17, 15) is 14.4 Å². The topological polar surface area (TPSA) is 135 Å². The molecule has 2 aromatic carbocycles. The smallest absolute Gasteiger partial charge is 0.310 e. The van der Waals surface area contributed by atoms with Gasteiger partial charge in [0.05, 0.1) is 30.8 Å². The first kappa shape index (κ1) is 30.9.